The van der Waals surface area contributed by atoms with E-state index in [2.05, 4.69) is 92.1 Å². The van der Waals surface area contributed by atoms with Crippen molar-refractivity contribution in [2.45, 2.75) is 174 Å². The van der Waals surface area contributed by atoms with Gasteiger partial charge in [0.1, 0.15) is 13.2 Å². The molecule has 8 nitrogen and oxygen atoms in total. The van der Waals surface area contributed by atoms with Gasteiger partial charge in [0.05, 0.1) is 39.9 Å². The minimum atomic E-state index is -4.31. The first-order chi connectivity index (χ1) is 26.5. The SMILES string of the molecule is CC/C=C\C/C=C\C/C=C\C/C=C\C/C=C\C/C=C\CCCCCCCCC(=O)NC(COP(=O)(O)OCC[N+](C)(C)C)C(O)CCCCCCCCCC. The number of hydrogen-bond acceptors (Lipinski definition) is 5. The molecule has 0 aromatic carbocycles. The van der Waals surface area contributed by atoms with Crippen LogP contribution in [0.5, 0.6) is 0 Å². The highest BCUT2D eigenvalue weighted by Gasteiger charge is 2.28. The molecule has 3 atom stereocenters. The summed E-state index contributed by atoms with van der Waals surface area (Å²) in [7, 11) is 1.59. The fourth-order valence-electron chi connectivity index (χ4n) is 5.75. The lowest BCUT2D eigenvalue weighted by Gasteiger charge is -2.26. The topological polar surface area (TPSA) is 105 Å². The van der Waals surface area contributed by atoms with Gasteiger partial charge >= 0.3 is 7.82 Å². The Bertz CT molecular complexity index is 1120. The van der Waals surface area contributed by atoms with Gasteiger partial charge in [-0.2, -0.15) is 0 Å². The number of quaternary nitrogens is 1. The van der Waals surface area contributed by atoms with E-state index in [9.17, 15) is 19.4 Å². The van der Waals surface area contributed by atoms with Crippen molar-refractivity contribution in [3.05, 3.63) is 72.9 Å². The summed E-state index contributed by atoms with van der Waals surface area (Å²) in [6.45, 7) is 4.70. The Kier molecular flexibility index (Phi) is 36.1. The lowest BCUT2D eigenvalue weighted by atomic mass is 10.0. The number of carbonyl (C=O) groups excluding carboxylic acids is 1. The van der Waals surface area contributed by atoms with E-state index >= 15 is 0 Å². The van der Waals surface area contributed by atoms with E-state index in [-0.39, 0.29) is 19.1 Å². The molecule has 318 valence electrons. The summed E-state index contributed by atoms with van der Waals surface area (Å²) in [6, 6.07) is -0.770. The molecule has 0 saturated heterocycles. The summed E-state index contributed by atoms with van der Waals surface area (Å²) in [4.78, 5) is 23.0. The molecular formula is C46H84N2O6P+. The van der Waals surface area contributed by atoms with E-state index in [1.54, 1.807) is 0 Å². The second kappa shape index (κ2) is 37.5. The number of phosphoric ester groups is 1. The van der Waals surface area contributed by atoms with Crippen molar-refractivity contribution in [3.8, 4) is 0 Å². The number of nitrogens with zero attached hydrogens (tertiary/aromatic N) is 1. The highest BCUT2D eigenvalue weighted by Crippen LogP contribution is 2.43. The molecule has 0 aliphatic heterocycles. The van der Waals surface area contributed by atoms with E-state index in [4.69, 9.17) is 9.05 Å². The maximum Gasteiger partial charge on any atom is 0.472 e. The number of carbonyl (C=O) groups is 1. The Morgan fingerprint density at radius 2 is 1.09 bits per heavy atom. The highest BCUT2D eigenvalue weighted by molar-refractivity contribution is 7.47. The Hall–Kier alpha value is -2.06. The molecule has 0 heterocycles. The van der Waals surface area contributed by atoms with Gasteiger partial charge in [-0.15, -0.1) is 0 Å². The molecule has 0 aliphatic rings. The van der Waals surface area contributed by atoms with Gasteiger partial charge in [0.15, 0.2) is 0 Å². The summed E-state index contributed by atoms with van der Waals surface area (Å²) in [5.74, 6) is -0.167. The van der Waals surface area contributed by atoms with Crippen LogP contribution in [-0.4, -0.2) is 73.4 Å². The van der Waals surface area contributed by atoms with Crippen LogP contribution in [0.15, 0.2) is 72.9 Å². The van der Waals surface area contributed by atoms with Crippen LogP contribution < -0.4 is 5.32 Å². The summed E-state index contributed by atoms with van der Waals surface area (Å²) in [5, 5.41) is 13.8. The van der Waals surface area contributed by atoms with E-state index in [1.807, 2.05) is 21.1 Å². The van der Waals surface area contributed by atoms with Crippen molar-refractivity contribution in [1.82, 2.24) is 5.32 Å². The number of nitrogens with one attached hydrogen (secondary N) is 1. The van der Waals surface area contributed by atoms with Crippen LogP contribution in [0.3, 0.4) is 0 Å². The zero-order valence-corrected chi connectivity index (χ0v) is 36.8. The normalized spacial score (nSPS) is 15.1. The molecule has 0 spiro atoms. The Morgan fingerprint density at radius 3 is 1.60 bits per heavy atom. The van der Waals surface area contributed by atoms with E-state index in [0.29, 0.717) is 23.9 Å². The fourth-order valence-corrected chi connectivity index (χ4v) is 6.49. The minimum absolute atomic E-state index is 0.0671. The average molecular weight is 792 g/mol. The third kappa shape index (κ3) is 40.0. The number of likely N-dealkylation sites (N-methyl/N-ethyl adjacent to an activating group) is 1. The van der Waals surface area contributed by atoms with Gasteiger partial charge in [0, 0.05) is 6.42 Å². The van der Waals surface area contributed by atoms with Crippen molar-refractivity contribution in [3.63, 3.8) is 0 Å². The van der Waals surface area contributed by atoms with Gasteiger partial charge in [-0.25, -0.2) is 4.57 Å². The van der Waals surface area contributed by atoms with E-state index in [1.165, 1.54) is 44.9 Å². The number of aliphatic hydroxyl groups excluding tert-OH is 1. The number of aliphatic hydroxyl groups is 1. The van der Waals surface area contributed by atoms with E-state index < -0.39 is 20.0 Å². The third-order valence-electron chi connectivity index (χ3n) is 9.22. The van der Waals surface area contributed by atoms with Crippen LogP contribution in [0.25, 0.3) is 0 Å². The number of phosphoric acid groups is 1. The number of hydrogen-bond donors (Lipinski definition) is 3. The quantitative estimate of drug-likeness (QED) is 0.0249. The molecule has 0 saturated carbocycles. The molecule has 0 radical (unpaired) electrons. The third-order valence-corrected chi connectivity index (χ3v) is 10.2. The average Bonchev–Trinajstić information content (AvgIpc) is 3.13. The lowest BCUT2D eigenvalue weighted by molar-refractivity contribution is -0.870. The summed E-state index contributed by atoms with van der Waals surface area (Å²) >= 11 is 0. The van der Waals surface area contributed by atoms with Gasteiger partial charge in [0.2, 0.25) is 5.91 Å². The zero-order valence-electron chi connectivity index (χ0n) is 35.9. The molecule has 55 heavy (non-hydrogen) atoms. The smallest absolute Gasteiger partial charge is 0.391 e. The van der Waals surface area contributed by atoms with Gasteiger partial charge in [-0.3, -0.25) is 13.8 Å². The molecule has 3 N–H and O–H groups in total. The van der Waals surface area contributed by atoms with Crippen LogP contribution in [0, 0.1) is 0 Å². The maximum atomic E-state index is 12.8. The van der Waals surface area contributed by atoms with Crippen LogP contribution in [0.2, 0.25) is 0 Å². The summed E-state index contributed by atoms with van der Waals surface area (Å²) < 4.78 is 23.5. The molecule has 0 fully saturated rings. The predicted octanol–water partition coefficient (Wildman–Crippen LogP) is 12.0. The van der Waals surface area contributed by atoms with Gasteiger partial charge in [-0.1, -0.05) is 164 Å². The maximum absolute atomic E-state index is 12.8. The molecule has 9 heteroatoms. The molecule has 0 bridgehead atoms. The largest absolute Gasteiger partial charge is 0.472 e. The molecule has 0 aromatic heterocycles. The second-order valence-corrected chi connectivity index (χ2v) is 17.1. The number of allylic oxidation sites excluding steroid dienone is 12. The Balaban J connectivity index is 4.25. The van der Waals surface area contributed by atoms with Crippen molar-refractivity contribution in [2.24, 2.45) is 0 Å². The molecule has 0 aliphatic carbocycles. The zero-order chi connectivity index (χ0) is 40.7. The highest BCUT2D eigenvalue weighted by atomic mass is 31.2. The van der Waals surface area contributed by atoms with Crippen molar-refractivity contribution in [2.75, 3.05) is 40.9 Å². The van der Waals surface area contributed by atoms with Crippen molar-refractivity contribution < 1.29 is 32.9 Å². The van der Waals surface area contributed by atoms with Crippen LogP contribution in [-0.2, 0) is 18.4 Å². The molecular weight excluding hydrogens is 707 g/mol. The molecule has 3 unspecified atom stereocenters. The Labute approximate surface area is 338 Å². The summed E-state index contributed by atoms with van der Waals surface area (Å²) in [6.07, 6.45) is 49.4. The van der Waals surface area contributed by atoms with Gasteiger partial charge in [0.25, 0.3) is 0 Å². The minimum Gasteiger partial charge on any atom is -0.391 e. The number of amides is 1. The first kappa shape index (κ1) is 52.9. The van der Waals surface area contributed by atoms with Crippen LogP contribution >= 0.6 is 7.82 Å². The van der Waals surface area contributed by atoms with E-state index in [0.717, 1.165) is 89.9 Å². The Morgan fingerprint density at radius 1 is 0.636 bits per heavy atom. The lowest BCUT2D eigenvalue weighted by Crippen LogP contribution is -2.46. The molecule has 1 amide bonds. The number of unbranched alkanes of at least 4 members (excludes halogenated alkanes) is 13. The van der Waals surface area contributed by atoms with Gasteiger partial charge in [-0.05, 0) is 64.2 Å². The first-order valence-electron chi connectivity index (χ1n) is 21.8. The number of rotatable bonds is 38. The second-order valence-electron chi connectivity index (χ2n) is 15.7. The van der Waals surface area contributed by atoms with Gasteiger partial charge < -0.3 is 19.8 Å². The van der Waals surface area contributed by atoms with Crippen molar-refractivity contribution >= 4 is 13.7 Å². The first-order valence-corrected chi connectivity index (χ1v) is 23.3. The van der Waals surface area contributed by atoms with Crippen LogP contribution in [0.1, 0.15) is 162 Å². The standard InChI is InChI=1S/C46H83N2O6P/c1-6-8-10-12-14-16-17-18-19-20-21-22-23-24-25-26-27-28-29-30-31-32-34-36-38-40-46(50)47-44(43-54-55(51,52)53-42-41-48(3,4)5)45(49)39-37-35-33-15-13-11-9-7-2/h8,10,14,16,18-19,21-22,24-25,27-28,44-45,49H,6-7,9,11-13,15,17,20,23,26,29-43H2,1-5H3,(H-,47,50,51,52)/p+1/b10-8-,16-14-,19-18-,22-21-,25-24-,28-27-. The van der Waals surface area contributed by atoms with Crippen LogP contribution in [0.4, 0.5) is 0 Å². The predicted molar refractivity (Wildman–Crippen MR) is 235 cm³/mol. The molecule has 0 aromatic rings. The fraction of sp³-hybridized carbons (Fsp3) is 0.717. The molecule has 0 rings (SSSR count). The summed E-state index contributed by atoms with van der Waals surface area (Å²) in [5.41, 5.74) is 0. The monoisotopic (exact) mass is 792 g/mol. The van der Waals surface area contributed by atoms with Crippen molar-refractivity contribution in [1.29, 1.82) is 0 Å².